The average Bonchev–Trinajstić information content (AvgIpc) is 3.32. The third-order valence-corrected chi connectivity index (χ3v) is 6.62. The Balaban J connectivity index is 1.43. The van der Waals surface area contributed by atoms with Crippen LogP contribution in [0.2, 0.25) is 5.02 Å². The molecule has 178 valence electrons. The van der Waals surface area contributed by atoms with Crippen LogP contribution in [0.4, 0.5) is 5.82 Å². The van der Waals surface area contributed by atoms with Crippen LogP contribution in [0.25, 0.3) is 5.65 Å². The molecule has 0 atom stereocenters. The van der Waals surface area contributed by atoms with Gasteiger partial charge < -0.3 is 15.3 Å². The van der Waals surface area contributed by atoms with Crippen molar-refractivity contribution in [3.8, 4) is 0 Å². The highest BCUT2D eigenvalue weighted by Gasteiger charge is 2.28. The summed E-state index contributed by atoms with van der Waals surface area (Å²) in [7, 11) is 0. The smallest absolute Gasteiger partial charge is 0.341 e. The van der Waals surface area contributed by atoms with Gasteiger partial charge in [-0.2, -0.15) is 9.61 Å². The van der Waals surface area contributed by atoms with E-state index in [1.165, 1.54) is 22.5 Å². The Kier molecular flexibility index (Phi) is 6.37. The fourth-order valence-electron chi connectivity index (χ4n) is 4.55. The van der Waals surface area contributed by atoms with Crippen molar-refractivity contribution < 1.29 is 14.7 Å². The Hall–Kier alpha value is -3.91. The fraction of sp³-hybridized carbons (Fsp3) is 0.231. The monoisotopic (exact) mass is 489 g/mol. The van der Waals surface area contributed by atoms with Crippen molar-refractivity contribution in [1.82, 2.24) is 19.5 Å². The number of benzene rings is 2. The number of aromatic nitrogens is 3. The van der Waals surface area contributed by atoms with Crippen LogP contribution in [-0.4, -0.2) is 49.6 Å². The van der Waals surface area contributed by atoms with Crippen molar-refractivity contribution in [3.63, 3.8) is 0 Å². The molecule has 1 aliphatic heterocycles. The molecule has 2 aromatic carbocycles. The third-order valence-electron chi connectivity index (χ3n) is 6.39. The lowest BCUT2D eigenvalue weighted by molar-refractivity contribution is 0.0695. The maximum Gasteiger partial charge on any atom is 0.341 e. The molecule has 8 nitrogen and oxygen atoms in total. The van der Waals surface area contributed by atoms with E-state index in [-0.39, 0.29) is 17.1 Å². The van der Waals surface area contributed by atoms with Gasteiger partial charge in [-0.25, -0.2) is 9.78 Å². The second kappa shape index (κ2) is 9.76. The molecule has 0 spiro atoms. The van der Waals surface area contributed by atoms with E-state index in [0.717, 1.165) is 18.4 Å². The lowest BCUT2D eigenvalue weighted by Crippen LogP contribution is -2.38. The number of carbonyl (C=O) groups is 2. The number of halogens is 1. The molecule has 2 aromatic heterocycles. The second-order valence-electron chi connectivity index (χ2n) is 8.58. The Labute approximate surface area is 207 Å². The van der Waals surface area contributed by atoms with E-state index in [1.807, 2.05) is 41.3 Å². The van der Waals surface area contributed by atoms with E-state index >= 15 is 0 Å². The predicted molar refractivity (Wildman–Crippen MR) is 133 cm³/mol. The van der Waals surface area contributed by atoms with Gasteiger partial charge >= 0.3 is 5.97 Å². The number of fused-ring (bicyclic) bond motifs is 1. The van der Waals surface area contributed by atoms with Gasteiger partial charge in [0.1, 0.15) is 16.9 Å². The van der Waals surface area contributed by atoms with Gasteiger partial charge in [-0.1, -0.05) is 54.1 Å². The molecule has 0 aliphatic carbocycles. The van der Waals surface area contributed by atoms with Crippen molar-refractivity contribution >= 4 is 34.9 Å². The minimum absolute atomic E-state index is 0.0292. The molecule has 2 N–H and O–H groups in total. The second-order valence-corrected chi connectivity index (χ2v) is 9.02. The minimum atomic E-state index is -1.13. The zero-order chi connectivity index (χ0) is 24.4. The van der Waals surface area contributed by atoms with Crippen LogP contribution in [0.3, 0.4) is 0 Å². The molecule has 0 saturated carbocycles. The van der Waals surface area contributed by atoms with Crippen molar-refractivity contribution in [2.75, 3.05) is 18.4 Å². The zero-order valence-corrected chi connectivity index (χ0v) is 19.7. The van der Waals surface area contributed by atoms with E-state index in [2.05, 4.69) is 27.5 Å². The summed E-state index contributed by atoms with van der Waals surface area (Å²) < 4.78 is 1.39. The first-order chi connectivity index (χ1) is 17.0. The van der Waals surface area contributed by atoms with E-state index < -0.39 is 5.97 Å². The molecule has 1 saturated heterocycles. The highest BCUT2D eigenvalue weighted by atomic mass is 35.5. The first-order valence-corrected chi connectivity index (χ1v) is 11.8. The van der Waals surface area contributed by atoms with Gasteiger partial charge in [-0.05, 0) is 42.0 Å². The molecule has 1 amide bonds. The number of amides is 1. The quantitative estimate of drug-likeness (QED) is 0.407. The van der Waals surface area contributed by atoms with Gasteiger partial charge in [0.25, 0.3) is 5.91 Å². The first-order valence-electron chi connectivity index (χ1n) is 11.4. The summed E-state index contributed by atoms with van der Waals surface area (Å²) >= 11 is 6.12. The standard InChI is InChI=1S/C26H24ClN5O3/c27-20-8-4-5-17(13-20)14-28-23-21(15-29-24-22(26(34)35)16-30-32(23)24)25(33)31-11-9-19(10-12-31)18-6-2-1-3-7-18/h1-8,13,15-16,19,28H,9-12,14H2,(H,34,35). The van der Waals surface area contributed by atoms with Crippen LogP contribution >= 0.6 is 11.6 Å². The van der Waals surface area contributed by atoms with E-state index in [4.69, 9.17) is 11.6 Å². The van der Waals surface area contributed by atoms with Gasteiger partial charge in [0.15, 0.2) is 5.65 Å². The average molecular weight is 490 g/mol. The predicted octanol–water partition coefficient (Wildman–Crippen LogP) is 4.71. The number of carboxylic acid groups (broad SMARTS) is 1. The molecule has 9 heteroatoms. The molecule has 0 unspecified atom stereocenters. The van der Waals surface area contributed by atoms with Crippen LogP contribution in [0.15, 0.2) is 67.0 Å². The highest BCUT2D eigenvalue weighted by molar-refractivity contribution is 6.30. The van der Waals surface area contributed by atoms with Gasteiger partial charge in [0.2, 0.25) is 0 Å². The van der Waals surface area contributed by atoms with Gasteiger partial charge in [-0.3, -0.25) is 4.79 Å². The summed E-state index contributed by atoms with van der Waals surface area (Å²) in [5, 5.41) is 17.6. The summed E-state index contributed by atoms with van der Waals surface area (Å²) in [6.07, 6.45) is 4.44. The largest absolute Gasteiger partial charge is 0.477 e. The molecular formula is C26H24ClN5O3. The number of hydrogen-bond acceptors (Lipinski definition) is 5. The van der Waals surface area contributed by atoms with Crippen LogP contribution < -0.4 is 5.32 Å². The summed E-state index contributed by atoms with van der Waals surface area (Å²) in [6.45, 7) is 1.63. The number of carbonyl (C=O) groups excluding carboxylic acids is 1. The number of piperidine rings is 1. The maximum absolute atomic E-state index is 13.6. The SMILES string of the molecule is O=C(O)c1cnn2c(NCc3cccc(Cl)c3)c(C(=O)N3CCC(c4ccccc4)CC3)cnc12. The molecule has 0 bridgehead atoms. The molecule has 35 heavy (non-hydrogen) atoms. The summed E-state index contributed by atoms with van der Waals surface area (Å²) in [4.78, 5) is 31.3. The number of nitrogens with zero attached hydrogens (tertiary/aromatic N) is 4. The number of aromatic carboxylic acids is 1. The number of carboxylic acids is 1. The maximum atomic E-state index is 13.6. The number of likely N-dealkylation sites (tertiary alicyclic amines) is 1. The van der Waals surface area contributed by atoms with Crippen LogP contribution in [0.5, 0.6) is 0 Å². The molecular weight excluding hydrogens is 466 g/mol. The van der Waals surface area contributed by atoms with Crippen LogP contribution in [-0.2, 0) is 6.54 Å². The Morgan fingerprint density at radius 1 is 1.03 bits per heavy atom. The normalized spacial score (nSPS) is 14.3. The summed E-state index contributed by atoms with van der Waals surface area (Å²) in [6, 6.07) is 17.7. The van der Waals surface area contributed by atoms with E-state index in [0.29, 0.717) is 42.0 Å². The lowest BCUT2D eigenvalue weighted by atomic mass is 9.89. The lowest BCUT2D eigenvalue weighted by Gasteiger charge is -2.32. The van der Waals surface area contributed by atoms with E-state index in [9.17, 15) is 14.7 Å². The van der Waals surface area contributed by atoms with Crippen molar-refractivity contribution in [1.29, 1.82) is 0 Å². The zero-order valence-electron chi connectivity index (χ0n) is 18.9. The van der Waals surface area contributed by atoms with E-state index in [1.54, 1.807) is 6.07 Å². The first kappa shape index (κ1) is 22.9. The Bertz CT molecular complexity index is 1380. The summed E-state index contributed by atoms with van der Waals surface area (Å²) in [5.74, 6) is -0.467. The molecule has 5 rings (SSSR count). The fourth-order valence-corrected chi connectivity index (χ4v) is 4.77. The van der Waals surface area contributed by atoms with Crippen molar-refractivity contribution in [2.24, 2.45) is 0 Å². The molecule has 1 fully saturated rings. The molecule has 0 radical (unpaired) electrons. The van der Waals surface area contributed by atoms with Gasteiger partial charge in [0, 0.05) is 30.9 Å². The number of anilines is 1. The molecule has 4 aromatic rings. The van der Waals surface area contributed by atoms with Gasteiger partial charge in [-0.15, -0.1) is 0 Å². The summed E-state index contributed by atoms with van der Waals surface area (Å²) in [5.41, 5.74) is 2.70. The number of hydrogen-bond donors (Lipinski definition) is 2. The minimum Gasteiger partial charge on any atom is -0.477 e. The number of nitrogens with one attached hydrogen (secondary N) is 1. The van der Waals surface area contributed by atoms with Crippen LogP contribution in [0.1, 0.15) is 50.6 Å². The Morgan fingerprint density at radius 2 is 1.80 bits per heavy atom. The van der Waals surface area contributed by atoms with Crippen molar-refractivity contribution in [3.05, 3.63) is 94.3 Å². The molecule has 1 aliphatic rings. The highest BCUT2D eigenvalue weighted by Crippen LogP contribution is 2.30. The molecule has 3 heterocycles. The third kappa shape index (κ3) is 4.70. The van der Waals surface area contributed by atoms with Crippen LogP contribution in [0, 0.1) is 0 Å². The Morgan fingerprint density at radius 3 is 2.51 bits per heavy atom. The van der Waals surface area contributed by atoms with Crippen molar-refractivity contribution in [2.45, 2.75) is 25.3 Å². The van der Waals surface area contributed by atoms with Gasteiger partial charge in [0.05, 0.1) is 6.20 Å². The topological polar surface area (TPSA) is 99.8 Å². The number of rotatable bonds is 6.